The second kappa shape index (κ2) is 8.16. The van der Waals surface area contributed by atoms with Crippen molar-refractivity contribution in [2.45, 2.75) is 37.9 Å². The minimum atomic E-state index is -4.57. The van der Waals surface area contributed by atoms with Crippen LogP contribution in [0.2, 0.25) is 0 Å². The lowest BCUT2D eigenvalue weighted by Crippen LogP contribution is -2.35. The number of carbonyl (C=O) groups is 1. The van der Waals surface area contributed by atoms with Gasteiger partial charge in [-0.05, 0) is 31.0 Å². The van der Waals surface area contributed by atoms with Crippen LogP contribution >= 0.6 is 0 Å². The summed E-state index contributed by atoms with van der Waals surface area (Å²) in [4.78, 5) is 14.7. The summed E-state index contributed by atoms with van der Waals surface area (Å²) in [6, 6.07) is 7.72. The molecule has 1 atom stereocenters. The molecule has 1 fully saturated rings. The molecule has 2 aromatic heterocycles. The van der Waals surface area contributed by atoms with Crippen molar-refractivity contribution >= 4 is 5.91 Å². The Bertz CT molecular complexity index is 1090. The normalized spacial score (nSPS) is 17.6. The summed E-state index contributed by atoms with van der Waals surface area (Å²) in [6.45, 7) is 0.353. The molecule has 0 radical (unpaired) electrons. The van der Waals surface area contributed by atoms with Crippen molar-refractivity contribution in [1.82, 2.24) is 19.8 Å². The molecule has 0 bridgehead atoms. The second-order valence-corrected chi connectivity index (χ2v) is 7.50. The van der Waals surface area contributed by atoms with E-state index in [1.54, 1.807) is 6.07 Å². The van der Waals surface area contributed by atoms with Crippen molar-refractivity contribution in [2.24, 2.45) is 7.05 Å². The van der Waals surface area contributed by atoms with E-state index in [1.165, 1.54) is 40.9 Å². The van der Waals surface area contributed by atoms with Gasteiger partial charge >= 0.3 is 6.18 Å². The maximum atomic E-state index is 14.0. The molecular formula is C21H20F4N4O2. The summed E-state index contributed by atoms with van der Waals surface area (Å²) in [5, 5.41) is 7.39. The molecule has 1 aliphatic heterocycles. The van der Waals surface area contributed by atoms with Crippen molar-refractivity contribution in [3.8, 4) is 11.3 Å². The third kappa shape index (κ3) is 4.19. The molecule has 0 aliphatic carbocycles. The van der Waals surface area contributed by atoms with Crippen LogP contribution in [0.4, 0.5) is 17.6 Å². The molecule has 1 aliphatic rings. The summed E-state index contributed by atoms with van der Waals surface area (Å²) < 4.78 is 59.8. The van der Waals surface area contributed by atoms with Crippen LogP contribution in [0.1, 0.15) is 53.7 Å². The Hall–Kier alpha value is -3.17. The van der Waals surface area contributed by atoms with E-state index in [9.17, 15) is 22.4 Å². The Morgan fingerprint density at radius 1 is 1.16 bits per heavy atom. The molecule has 10 heteroatoms. The summed E-state index contributed by atoms with van der Waals surface area (Å²) in [5.41, 5.74) is -0.327. The maximum absolute atomic E-state index is 14.0. The number of rotatable bonds is 3. The van der Waals surface area contributed by atoms with Crippen LogP contribution in [0, 0.1) is 5.82 Å². The SMILES string of the molecule is Cn1nc(C(F)(F)F)cc1C1CCCCCN1C(=O)c1cc(-c2ccccc2F)no1. The monoisotopic (exact) mass is 436 g/mol. The maximum Gasteiger partial charge on any atom is 0.435 e. The highest BCUT2D eigenvalue weighted by molar-refractivity contribution is 5.92. The average molecular weight is 436 g/mol. The molecule has 1 amide bonds. The Morgan fingerprint density at radius 2 is 1.94 bits per heavy atom. The van der Waals surface area contributed by atoms with E-state index in [-0.39, 0.29) is 17.0 Å². The van der Waals surface area contributed by atoms with Crippen LogP contribution in [0.3, 0.4) is 0 Å². The third-order valence-corrected chi connectivity index (χ3v) is 5.43. The zero-order valence-corrected chi connectivity index (χ0v) is 16.7. The van der Waals surface area contributed by atoms with Gasteiger partial charge in [-0.15, -0.1) is 0 Å². The smallest absolute Gasteiger partial charge is 0.350 e. The van der Waals surface area contributed by atoms with Crippen LogP contribution in [0.5, 0.6) is 0 Å². The molecule has 6 nitrogen and oxygen atoms in total. The summed E-state index contributed by atoms with van der Waals surface area (Å²) in [6.07, 6.45) is -1.76. The minimum Gasteiger partial charge on any atom is -0.350 e. The first-order valence-electron chi connectivity index (χ1n) is 9.89. The van der Waals surface area contributed by atoms with Crippen LogP contribution in [-0.4, -0.2) is 32.3 Å². The van der Waals surface area contributed by atoms with E-state index in [4.69, 9.17) is 4.52 Å². The van der Waals surface area contributed by atoms with Gasteiger partial charge in [0, 0.05) is 25.2 Å². The Balaban J connectivity index is 1.66. The number of alkyl halides is 3. The van der Waals surface area contributed by atoms with Gasteiger partial charge in [0.25, 0.3) is 5.91 Å². The van der Waals surface area contributed by atoms with Crippen molar-refractivity contribution in [3.63, 3.8) is 0 Å². The second-order valence-electron chi connectivity index (χ2n) is 7.50. The molecule has 3 heterocycles. The van der Waals surface area contributed by atoms with Crippen LogP contribution in [-0.2, 0) is 13.2 Å². The van der Waals surface area contributed by atoms with Gasteiger partial charge in [-0.1, -0.05) is 30.1 Å². The van der Waals surface area contributed by atoms with Gasteiger partial charge < -0.3 is 9.42 Å². The lowest BCUT2D eigenvalue weighted by molar-refractivity contribution is -0.141. The Morgan fingerprint density at radius 3 is 2.65 bits per heavy atom. The molecular weight excluding hydrogens is 416 g/mol. The molecule has 164 valence electrons. The van der Waals surface area contributed by atoms with E-state index < -0.39 is 29.6 Å². The lowest BCUT2D eigenvalue weighted by Gasteiger charge is -2.29. The molecule has 0 saturated carbocycles. The summed E-state index contributed by atoms with van der Waals surface area (Å²) in [7, 11) is 1.43. The molecule has 1 saturated heterocycles. The number of hydrogen-bond donors (Lipinski definition) is 0. The minimum absolute atomic E-state index is 0.0941. The van der Waals surface area contributed by atoms with Crippen molar-refractivity contribution in [3.05, 3.63) is 59.4 Å². The van der Waals surface area contributed by atoms with Gasteiger partial charge in [0.15, 0.2) is 5.69 Å². The molecule has 1 unspecified atom stereocenters. The quantitative estimate of drug-likeness (QED) is 0.543. The number of aromatic nitrogens is 3. The van der Waals surface area contributed by atoms with Crippen molar-refractivity contribution in [1.29, 1.82) is 0 Å². The number of amides is 1. The van der Waals surface area contributed by atoms with Crippen LogP contribution < -0.4 is 0 Å². The highest BCUT2D eigenvalue weighted by Crippen LogP contribution is 2.35. The number of nitrogens with zero attached hydrogens (tertiary/aromatic N) is 4. The number of hydrogen-bond acceptors (Lipinski definition) is 4. The molecule has 0 spiro atoms. The lowest BCUT2D eigenvalue weighted by atomic mass is 10.1. The molecule has 0 N–H and O–H groups in total. The first-order chi connectivity index (χ1) is 14.8. The van der Waals surface area contributed by atoms with E-state index in [0.29, 0.717) is 25.1 Å². The number of halogens is 4. The first-order valence-corrected chi connectivity index (χ1v) is 9.89. The molecule has 4 rings (SSSR count). The fourth-order valence-electron chi connectivity index (χ4n) is 3.90. The van der Waals surface area contributed by atoms with Gasteiger partial charge in [-0.25, -0.2) is 4.39 Å². The average Bonchev–Trinajstić information content (AvgIpc) is 3.28. The molecule has 1 aromatic carbocycles. The topological polar surface area (TPSA) is 64.2 Å². The van der Waals surface area contributed by atoms with Gasteiger partial charge in [-0.3, -0.25) is 9.48 Å². The molecule has 31 heavy (non-hydrogen) atoms. The van der Waals surface area contributed by atoms with Crippen molar-refractivity contribution < 1.29 is 26.9 Å². The number of likely N-dealkylation sites (tertiary alicyclic amines) is 1. The number of carbonyl (C=O) groups excluding carboxylic acids is 1. The zero-order valence-electron chi connectivity index (χ0n) is 16.7. The van der Waals surface area contributed by atoms with E-state index in [1.807, 2.05) is 0 Å². The summed E-state index contributed by atoms with van der Waals surface area (Å²) in [5.74, 6) is -1.10. The highest BCUT2D eigenvalue weighted by Gasteiger charge is 2.38. The predicted octanol–water partition coefficient (Wildman–Crippen LogP) is 4.99. The first kappa shape index (κ1) is 21.1. The van der Waals surface area contributed by atoms with Crippen LogP contribution in [0.25, 0.3) is 11.3 Å². The van der Waals surface area contributed by atoms with Crippen LogP contribution in [0.15, 0.2) is 40.9 Å². The van der Waals surface area contributed by atoms with Crippen molar-refractivity contribution in [2.75, 3.05) is 6.54 Å². The zero-order chi connectivity index (χ0) is 22.2. The Kier molecular flexibility index (Phi) is 5.55. The molecule has 3 aromatic rings. The number of aryl methyl sites for hydroxylation is 1. The largest absolute Gasteiger partial charge is 0.435 e. The highest BCUT2D eigenvalue weighted by atomic mass is 19.4. The number of benzene rings is 1. The fourth-order valence-corrected chi connectivity index (χ4v) is 3.90. The predicted molar refractivity (Wildman–Crippen MR) is 102 cm³/mol. The van der Waals surface area contributed by atoms with E-state index in [2.05, 4.69) is 10.3 Å². The van der Waals surface area contributed by atoms with E-state index >= 15 is 0 Å². The third-order valence-electron chi connectivity index (χ3n) is 5.43. The van der Waals surface area contributed by atoms with E-state index in [0.717, 1.165) is 18.9 Å². The van der Waals surface area contributed by atoms with Gasteiger partial charge in [0.1, 0.15) is 11.5 Å². The van der Waals surface area contributed by atoms with Gasteiger partial charge in [-0.2, -0.15) is 18.3 Å². The summed E-state index contributed by atoms with van der Waals surface area (Å²) >= 11 is 0. The van der Waals surface area contributed by atoms with Gasteiger partial charge in [0.05, 0.1) is 11.7 Å². The Labute approximate surface area is 175 Å². The standard InChI is InChI=1S/C21H20F4N4O2/c1-28-17(12-19(26-28)21(23,24)25)16-9-3-2-6-10-29(16)20(30)18-11-15(27-31-18)13-7-4-5-8-14(13)22/h4-5,7-8,11-12,16H,2-3,6,9-10H2,1H3. The fraction of sp³-hybridized carbons (Fsp3) is 0.381. The van der Waals surface area contributed by atoms with Gasteiger partial charge in [0.2, 0.25) is 5.76 Å².